The summed E-state index contributed by atoms with van der Waals surface area (Å²) in [6.07, 6.45) is 0.333. The number of aromatic nitrogens is 2. The van der Waals surface area contributed by atoms with Crippen molar-refractivity contribution in [2.75, 3.05) is 0 Å². The summed E-state index contributed by atoms with van der Waals surface area (Å²) in [5.74, 6) is -0.923. The van der Waals surface area contributed by atoms with Gasteiger partial charge >= 0.3 is 0 Å². The third kappa shape index (κ3) is 3.94. The number of fused-ring (bicyclic) bond motifs is 1. The van der Waals surface area contributed by atoms with Crippen LogP contribution in [0.25, 0.3) is 15.9 Å². The Labute approximate surface area is 182 Å². The lowest BCUT2D eigenvalue weighted by Gasteiger charge is -2.15. The molecule has 0 fully saturated rings. The zero-order chi connectivity index (χ0) is 21.3. The fraction of sp³-hybridized carbons (Fsp3) is 0.136. The monoisotopic (exact) mass is 438 g/mol. The summed E-state index contributed by atoms with van der Waals surface area (Å²) in [4.78, 5) is 26.1. The maximum absolute atomic E-state index is 12.9. The molecule has 2 aromatic carbocycles. The molecule has 4 aromatic rings. The van der Waals surface area contributed by atoms with Crippen LogP contribution in [0, 0.1) is 6.92 Å². The lowest BCUT2D eigenvalue weighted by molar-refractivity contribution is -0.119. The molecule has 8 heteroatoms. The number of rotatable bonds is 6. The summed E-state index contributed by atoms with van der Waals surface area (Å²) < 4.78 is 1.74. The number of carbonyl (C=O) groups excluding carboxylic acids is 2. The molecular formula is C22H19ClN4O2S. The Bertz CT molecular complexity index is 1230. The van der Waals surface area contributed by atoms with Crippen LogP contribution in [-0.2, 0) is 11.2 Å². The summed E-state index contributed by atoms with van der Waals surface area (Å²) in [6, 6.07) is 17.8. The summed E-state index contributed by atoms with van der Waals surface area (Å²) in [6.45, 7) is 1.88. The zero-order valence-electron chi connectivity index (χ0n) is 16.1. The fourth-order valence-corrected chi connectivity index (χ4v) is 4.54. The van der Waals surface area contributed by atoms with Crippen molar-refractivity contribution >= 4 is 45.0 Å². The molecule has 0 bridgehead atoms. The number of nitrogens with two attached hydrogens (primary N) is 1. The van der Waals surface area contributed by atoms with Gasteiger partial charge in [0.25, 0.3) is 5.91 Å². The summed E-state index contributed by atoms with van der Waals surface area (Å²) in [7, 11) is 0. The van der Waals surface area contributed by atoms with E-state index >= 15 is 0 Å². The van der Waals surface area contributed by atoms with E-state index in [2.05, 4.69) is 10.4 Å². The topological polar surface area (TPSA) is 90.0 Å². The van der Waals surface area contributed by atoms with Crippen molar-refractivity contribution in [2.24, 2.45) is 5.73 Å². The highest BCUT2D eigenvalue weighted by Gasteiger charge is 2.23. The number of hydrogen-bond acceptors (Lipinski definition) is 4. The van der Waals surface area contributed by atoms with Crippen molar-refractivity contribution in [1.82, 2.24) is 15.1 Å². The second-order valence-electron chi connectivity index (χ2n) is 6.90. The molecular weight excluding hydrogens is 420 g/mol. The van der Waals surface area contributed by atoms with E-state index in [1.807, 2.05) is 55.5 Å². The van der Waals surface area contributed by atoms with E-state index in [0.717, 1.165) is 27.2 Å². The summed E-state index contributed by atoms with van der Waals surface area (Å²) in [5.41, 5.74) is 7.98. The standard InChI is InChI=1S/C22H19ClN4O2S/c1-13-15-12-19(30-22(15)27(26-13)18-10-6-5-9-16(18)23)21(29)25-17(20(24)28)11-14-7-3-2-4-8-14/h2-10,12,17H,11H2,1H3,(H2,24,28)(H,25,29). The fourth-order valence-electron chi connectivity index (χ4n) is 3.25. The van der Waals surface area contributed by atoms with E-state index in [1.165, 1.54) is 11.3 Å². The minimum absolute atomic E-state index is 0.333. The van der Waals surface area contributed by atoms with Crippen LogP contribution in [-0.4, -0.2) is 27.6 Å². The van der Waals surface area contributed by atoms with Crippen LogP contribution >= 0.6 is 22.9 Å². The molecule has 0 saturated carbocycles. The molecule has 0 radical (unpaired) electrons. The predicted molar refractivity (Wildman–Crippen MR) is 119 cm³/mol. The first-order valence-electron chi connectivity index (χ1n) is 9.32. The Hall–Kier alpha value is -3.16. The van der Waals surface area contributed by atoms with Gasteiger partial charge in [-0.3, -0.25) is 9.59 Å². The van der Waals surface area contributed by atoms with Gasteiger partial charge in [0.15, 0.2) is 0 Å². The highest BCUT2D eigenvalue weighted by atomic mass is 35.5. The van der Waals surface area contributed by atoms with Crippen molar-refractivity contribution in [1.29, 1.82) is 0 Å². The van der Waals surface area contributed by atoms with Crippen LogP contribution in [0.2, 0.25) is 5.02 Å². The molecule has 2 amide bonds. The van der Waals surface area contributed by atoms with Crippen molar-refractivity contribution in [3.05, 3.63) is 81.8 Å². The largest absolute Gasteiger partial charge is 0.368 e. The van der Waals surface area contributed by atoms with E-state index in [1.54, 1.807) is 16.8 Å². The van der Waals surface area contributed by atoms with Crippen LogP contribution in [0.1, 0.15) is 20.9 Å². The smallest absolute Gasteiger partial charge is 0.262 e. The van der Waals surface area contributed by atoms with Gasteiger partial charge in [-0.15, -0.1) is 11.3 Å². The number of aryl methyl sites for hydroxylation is 1. The maximum Gasteiger partial charge on any atom is 0.262 e. The number of halogens is 1. The second kappa shape index (κ2) is 8.30. The van der Waals surface area contributed by atoms with Crippen LogP contribution in [0.3, 0.4) is 0 Å². The zero-order valence-corrected chi connectivity index (χ0v) is 17.7. The van der Waals surface area contributed by atoms with Gasteiger partial charge in [-0.25, -0.2) is 4.68 Å². The van der Waals surface area contributed by atoms with Gasteiger partial charge in [-0.2, -0.15) is 5.10 Å². The normalized spacial score (nSPS) is 12.1. The average molecular weight is 439 g/mol. The highest BCUT2D eigenvalue weighted by Crippen LogP contribution is 2.32. The molecule has 0 aliphatic heterocycles. The van der Waals surface area contributed by atoms with Crippen LogP contribution < -0.4 is 11.1 Å². The number of nitrogens with zero attached hydrogens (tertiary/aromatic N) is 2. The molecule has 4 rings (SSSR count). The molecule has 2 heterocycles. The van der Waals surface area contributed by atoms with E-state index < -0.39 is 11.9 Å². The number of carbonyl (C=O) groups is 2. The van der Waals surface area contributed by atoms with Crippen molar-refractivity contribution in [2.45, 2.75) is 19.4 Å². The minimum atomic E-state index is -0.800. The molecule has 2 aromatic heterocycles. The van der Waals surface area contributed by atoms with E-state index in [4.69, 9.17) is 17.3 Å². The minimum Gasteiger partial charge on any atom is -0.368 e. The van der Waals surface area contributed by atoms with Crippen molar-refractivity contribution in [3.8, 4) is 5.69 Å². The maximum atomic E-state index is 12.9. The number of para-hydroxylation sites is 1. The van der Waals surface area contributed by atoms with E-state index in [9.17, 15) is 9.59 Å². The highest BCUT2D eigenvalue weighted by molar-refractivity contribution is 7.20. The lowest BCUT2D eigenvalue weighted by atomic mass is 10.1. The van der Waals surface area contributed by atoms with Gasteiger partial charge in [-0.05, 0) is 30.7 Å². The van der Waals surface area contributed by atoms with Gasteiger partial charge in [0.2, 0.25) is 5.91 Å². The molecule has 0 saturated heterocycles. The first kappa shape index (κ1) is 20.1. The Balaban J connectivity index is 1.63. The molecule has 3 N–H and O–H groups in total. The number of thiophene rings is 1. The number of amides is 2. The predicted octanol–water partition coefficient (Wildman–Crippen LogP) is 3.88. The molecule has 6 nitrogen and oxygen atoms in total. The summed E-state index contributed by atoms with van der Waals surface area (Å²) >= 11 is 7.63. The second-order valence-corrected chi connectivity index (χ2v) is 8.33. The molecule has 152 valence electrons. The van der Waals surface area contributed by atoms with E-state index in [-0.39, 0.29) is 5.91 Å². The molecule has 1 unspecified atom stereocenters. The molecule has 30 heavy (non-hydrogen) atoms. The number of primary amides is 1. The van der Waals surface area contributed by atoms with Crippen molar-refractivity contribution < 1.29 is 9.59 Å². The molecule has 0 aliphatic carbocycles. The summed E-state index contributed by atoms with van der Waals surface area (Å²) in [5, 5.41) is 8.76. The van der Waals surface area contributed by atoms with E-state index in [0.29, 0.717) is 16.3 Å². The van der Waals surface area contributed by atoms with Gasteiger partial charge < -0.3 is 11.1 Å². The van der Waals surface area contributed by atoms with Gasteiger partial charge in [0.1, 0.15) is 10.9 Å². The van der Waals surface area contributed by atoms with Crippen LogP contribution in [0.5, 0.6) is 0 Å². The SMILES string of the molecule is Cc1nn(-c2ccccc2Cl)c2sc(C(=O)NC(Cc3ccccc3)C(N)=O)cc12. The number of hydrogen-bond donors (Lipinski definition) is 2. The first-order valence-corrected chi connectivity index (χ1v) is 10.5. The molecule has 0 spiro atoms. The average Bonchev–Trinajstić information content (AvgIpc) is 3.29. The third-order valence-corrected chi connectivity index (χ3v) is 6.21. The Kier molecular flexibility index (Phi) is 5.57. The van der Waals surface area contributed by atoms with Crippen molar-refractivity contribution in [3.63, 3.8) is 0 Å². The third-order valence-electron chi connectivity index (χ3n) is 4.78. The van der Waals surface area contributed by atoms with Gasteiger partial charge in [0, 0.05) is 11.8 Å². The van der Waals surface area contributed by atoms with Gasteiger partial charge in [-0.1, -0.05) is 54.1 Å². The molecule has 1 atom stereocenters. The van der Waals surface area contributed by atoms with Gasteiger partial charge in [0.05, 0.1) is 21.3 Å². The Morgan fingerprint density at radius 3 is 2.57 bits per heavy atom. The molecule has 0 aliphatic rings. The first-order chi connectivity index (χ1) is 14.4. The van der Waals surface area contributed by atoms with Crippen LogP contribution in [0.4, 0.5) is 0 Å². The quantitative estimate of drug-likeness (QED) is 0.478. The number of nitrogens with one attached hydrogen (secondary N) is 1. The Morgan fingerprint density at radius 2 is 1.87 bits per heavy atom. The van der Waals surface area contributed by atoms with Crippen LogP contribution in [0.15, 0.2) is 60.7 Å². The lowest BCUT2D eigenvalue weighted by Crippen LogP contribution is -2.45. The Morgan fingerprint density at radius 1 is 1.17 bits per heavy atom. The number of benzene rings is 2.